The van der Waals surface area contributed by atoms with E-state index in [2.05, 4.69) is 24.3 Å². The molecule has 0 N–H and O–H groups in total. The van der Waals surface area contributed by atoms with Crippen LogP contribution in [0.4, 0.5) is 4.79 Å². The molecular weight excluding hydrogens is 242 g/mol. The van der Waals surface area contributed by atoms with Gasteiger partial charge in [-0.05, 0) is 24.8 Å². The van der Waals surface area contributed by atoms with Crippen LogP contribution in [0.2, 0.25) is 0 Å². The standard InChI is InChI=1S/C15H23NOS/c1-13(2)18-15(17)16(3)12-8-7-11-14-9-5-4-6-10-14/h4-6,9-10,13H,7-8,11-12H2,1-3H3. The van der Waals surface area contributed by atoms with Crippen LogP contribution in [0.1, 0.15) is 32.3 Å². The number of rotatable bonds is 6. The van der Waals surface area contributed by atoms with E-state index in [1.165, 1.54) is 17.3 Å². The summed E-state index contributed by atoms with van der Waals surface area (Å²) in [5.74, 6) is 0. The van der Waals surface area contributed by atoms with Crippen LogP contribution in [0.3, 0.4) is 0 Å². The van der Waals surface area contributed by atoms with Crippen molar-refractivity contribution in [2.45, 2.75) is 38.4 Å². The van der Waals surface area contributed by atoms with Gasteiger partial charge in [0.15, 0.2) is 0 Å². The number of thioether (sulfide) groups is 1. The minimum Gasteiger partial charge on any atom is -0.337 e. The first-order chi connectivity index (χ1) is 8.59. The molecule has 3 heteroatoms. The Morgan fingerprint density at radius 3 is 2.50 bits per heavy atom. The van der Waals surface area contributed by atoms with Gasteiger partial charge in [-0.3, -0.25) is 4.79 Å². The third-order valence-corrected chi connectivity index (χ3v) is 3.68. The van der Waals surface area contributed by atoms with E-state index in [1.54, 1.807) is 0 Å². The number of benzene rings is 1. The Morgan fingerprint density at radius 1 is 1.22 bits per heavy atom. The van der Waals surface area contributed by atoms with Gasteiger partial charge in [-0.2, -0.15) is 0 Å². The molecule has 1 aromatic rings. The summed E-state index contributed by atoms with van der Waals surface area (Å²) >= 11 is 1.40. The molecule has 0 radical (unpaired) electrons. The highest BCUT2D eigenvalue weighted by molar-refractivity contribution is 8.14. The fourth-order valence-electron chi connectivity index (χ4n) is 1.71. The van der Waals surface area contributed by atoms with E-state index in [0.29, 0.717) is 5.25 Å². The molecule has 2 nitrogen and oxygen atoms in total. The fraction of sp³-hybridized carbons (Fsp3) is 0.533. The Hall–Kier alpha value is -0.960. The quantitative estimate of drug-likeness (QED) is 0.718. The van der Waals surface area contributed by atoms with Gasteiger partial charge in [-0.1, -0.05) is 55.9 Å². The lowest BCUT2D eigenvalue weighted by atomic mass is 10.1. The van der Waals surface area contributed by atoms with E-state index in [9.17, 15) is 4.79 Å². The summed E-state index contributed by atoms with van der Waals surface area (Å²) in [7, 11) is 1.89. The molecule has 0 aliphatic rings. The highest BCUT2D eigenvalue weighted by Gasteiger charge is 2.10. The number of nitrogens with zero attached hydrogens (tertiary/aromatic N) is 1. The molecule has 0 aromatic heterocycles. The molecule has 1 amide bonds. The maximum absolute atomic E-state index is 11.7. The van der Waals surface area contributed by atoms with E-state index in [-0.39, 0.29) is 5.24 Å². The van der Waals surface area contributed by atoms with Crippen LogP contribution in [-0.2, 0) is 6.42 Å². The van der Waals surface area contributed by atoms with E-state index in [1.807, 2.05) is 31.9 Å². The second kappa shape index (κ2) is 8.20. The molecule has 1 aromatic carbocycles. The maximum Gasteiger partial charge on any atom is 0.281 e. The van der Waals surface area contributed by atoms with Crippen molar-refractivity contribution in [1.29, 1.82) is 0 Å². The van der Waals surface area contributed by atoms with Gasteiger partial charge in [0, 0.05) is 18.8 Å². The second-order valence-electron chi connectivity index (χ2n) is 4.80. The zero-order valence-electron chi connectivity index (χ0n) is 11.6. The van der Waals surface area contributed by atoms with Gasteiger partial charge in [-0.25, -0.2) is 0 Å². The highest BCUT2D eigenvalue weighted by atomic mass is 32.2. The third-order valence-electron chi connectivity index (χ3n) is 2.70. The summed E-state index contributed by atoms with van der Waals surface area (Å²) in [5, 5.41) is 0.550. The number of carbonyl (C=O) groups is 1. The molecule has 100 valence electrons. The van der Waals surface area contributed by atoms with Gasteiger partial charge in [-0.15, -0.1) is 0 Å². The number of hydrogen-bond donors (Lipinski definition) is 0. The van der Waals surface area contributed by atoms with Crippen molar-refractivity contribution in [2.75, 3.05) is 13.6 Å². The minimum absolute atomic E-state index is 0.185. The van der Waals surface area contributed by atoms with Crippen molar-refractivity contribution >= 4 is 17.0 Å². The van der Waals surface area contributed by atoms with Crippen molar-refractivity contribution in [3.63, 3.8) is 0 Å². The van der Waals surface area contributed by atoms with Gasteiger partial charge in [0.25, 0.3) is 5.24 Å². The Bertz CT molecular complexity index is 351. The maximum atomic E-state index is 11.7. The van der Waals surface area contributed by atoms with Gasteiger partial charge in [0.05, 0.1) is 0 Å². The summed E-state index contributed by atoms with van der Waals surface area (Å²) in [5.41, 5.74) is 1.38. The van der Waals surface area contributed by atoms with Crippen LogP contribution < -0.4 is 0 Å². The van der Waals surface area contributed by atoms with Crippen LogP contribution >= 0.6 is 11.8 Å². The Morgan fingerprint density at radius 2 is 1.89 bits per heavy atom. The molecule has 0 bridgehead atoms. The molecule has 0 heterocycles. The Labute approximate surface area is 115 Å². The summed E-state index contributed by atoms with van der Waals surface area (Å²) < 4.78 is 0. The largest absolute Gasteiger partial charge is 0.337 e. The molecule has 0 saturated heterocycles. The topological polar surface area (TPSA) is 20.3 Å². The zero-order chi connectivity index (χ0) is 13.4. The van der Waals surface area contributed by atoms with Crippen molar-refractivity contribution < 1.29 is 4.79 Å². The van der Waals surface area contributed by atoms with Gasteiger partial charge < -0.3 is 4.90 Å². The summed E-state index contributed by atoms with van der Waals surface area (Å²) in [6.07, 6.45) is 3.30. The lowest BCUT2D eigenvalue weighted by Gasteiger charge is -2.17. The van der Waals surface area contributed by atoms with E-state index >= 15 is 0 Å². The number of hydrogen-bond acceptors (Lipinski definition) is 2. The predicted octanol–water partition coefficient (Wildman–Crippen LogP) is 4.20. The van der Waals surface area contributed by atoms with E-state index in [0.717, 1.165) is 25.8 Å². The summed E-state index contributed by atoms with van der Waals surface area (Å²) in [6.45, 7) is 4.95. The van der Waals surface area contributed by atoms with Crippen LogP contribution in [-0.4, -0.2) is 29.0 Å². The van der Waals surface area contributed by atoms with E-state index in [4.69, 9.17) is 0 Å². The summed E-state index contributed by atoms with van der Waals surface area (Å²) in [4.78, 5) is 13.5. The first-order valence-corrected chi connectivity index (χ1v) is 7.43. The van der Waals surface area contributed by atoms with Crippen molar-refractivity contribution in [1.82, 2.24) is 4.90 Å². The molecular formula is C15H23NOS. The summed E-state index contributed by atoms with van der Waals surface area (Å²) in [6, 6.07) is 10.5. The normalized spacial score (nSPS) is 10.7. The van der Waals surface area contributed by atoms with Crippen LogP contribution in [0.25, 0.3) is 0 Å². The third kappa shape index (κ3) is 6.10. The smallest absolute Gasteiger partial charge is 0.281 e. The van der Waals surface area contributed by atoms with E-state index < -0.39 is 0 Å². The van der Waals surface area contributed by atoms with Gasteiger partial charge in [0.1, 0.15) is 0 Å². The lowest BCUT2D eigenvalue weighted by Crippen LogP contribution is -2.25. The molecule has 1 rings (SSSR count). The fourth-order valence-corrected chi connectivity index (χ4v) is 2.38. The van der Waals surface area contributed by atoms with Crippen LogP contribution in [0.5, 0.6) is 0 Å². The monoisotopic (exact) mass is 265 g/mol. The van der Waals surface area contributed by atoms with Crippen LogP contribution in [0.15, 0.2) is 30.3 Å². The van der Waals surface area contributed by atoms with Crippen molar-refractivity contribution in [3.05, 3.63) is 35.9 Å². The number of amides is 1. The van der Waals surface area contributed by atoms with Crippen LogP contribution in [0, 0.1) is 0 Å². The number of aryl methyl sites for hydroxylation is 1. The molecule has 0 unspecified atom stereocenters. The minimum atomic E-state index is 0.185. The molecule has 18 heavy (non-hydrogen) atoms. The predicted molar refractivity (Wildman–Crippen MR) is 80.1 cm³/mol. The SMILES string of the molecule is CC(C)SC(=O)N(C)CCCCc1ccccc1. The molecule has 0 fully saturated rings. The van der Waals surface area contributed by atoms with Crippen molar-refractivity contribution in [3.8, 4) is 0 Å². The zero-order valence-corrected chi connectivity index (χ0v) is 12.4. The highest BCUT2D eigenvalue weighted by Crippen LogP contribution is 2.14. The molecule has 0 atom stereocenters. The number of unbranched alkanes of at least 4 members (excludes halogenated alkanes) is 1. The second-order valence-corrected chi connectivity index (χ2v) is 6.32. The Balaban J connectivity index is 2.16. The van der Waals surface area contributed by atoms with Gasteiger partial charge in [0.2, 0.25) is 0 Å². The van der Waals surface area contributed by atoms with Crippen molar-refractivity contribution in [2.24, 2.45) is 0 Å². The van der Waals surface area contributed by atoms with Gasteiger partial charge >= 0.3 is 0 Å². The number of carbonyl (C=O) groups excluding carboxylic acids is 1. The molecule has 0 saturated carbocycles. The Kier molecular flexibility index (Phi) is 6.88. The molecule has 0 spiro atoms. The average Bonchev–Trinajstić information content (AvgIpc) is 2.34. The first-order valence-electron chi connectivity index (χ1n) is 6.55. The molecule has 0 aliphatic carbocycles. The molecule has 0 aliphatic heterocycles. The first kappa shape index (κ1) is 15.1. The average molecular weight is 265 g/mol. The lowest BCUT2D eigenvalue weighted by molar-refractivity contribution is 0.232.